The second kappa shape index (κ2) is 8.73. The van der Waals surface area contributed by atoms with E-state index in [0.29, 0.717) is 21.7 Å². The van der Waals surface area contributed by atoms with Crippen molar-refractivity contribution in [1.29, 1.82) is 0 Å². The Hall–Kier alpha value is -2.10. The summed E-state index contributed by atoms with van der Waals surface area (Å²) in [5.74, 6) is -2.19. The summed E-state index contributed by atoms with van der Waals surface area (Å²) in [4.78, 5) is 24.6. The number of nitrogens with one attached hydrogen (secondary N) is 1. The minimum Gasteiger partial charge on any atom is -0.331 e. The molecule has 0 radical (unpaired) electrons. The molecule has 0 aliphatic heterocycles. The Morgan fingerprint density at radius 3 is 2.44 bits per heavy atom. The van der Waals surface area contributed by atoms with Gasteiger partial charge in [0.1, 0.15) is 0 Å². The summed E-state index contributed by atoms with van der Waals surface area (Å²) < 4.78 is 38.8. The van der Waals surface area contributed by atoms with Gasteiger partial charge in [0.25, 0.3) is 5.91 Å². The number of halogens is 4. The minimum absolute atomic E-state index is 0.0730. The summed E-state index contributed by atoms with van der Waals surface area (Å²) in [6.07, 6.45) is -4.91. The third kappa shape index (κ3) is 5.44. The molecule has 8 heteroatoms. The molecule has 0 heterocycles. The van der Waals surface area contributed by atoms with E-state index in [2.05, 4.69) is 27.9 Å². The van der Waals surface area contributed by atoms with Crippen LogP contribution in [0.3, 0.4) is 0 Å². The van der Waals surface area contributed by atoms with E-state index >= 15 is 0 Å². The predicted molar refractivity (Wildman–Crippen MR) is 105 cm³/mol. The lowest BCUT2D eigenvalue weighted by molar-refractivity contribution is -0.185. The fourth-order valence-electron chi connectivity index (χ4n) is 2.50. The molecule has 27 heavy (non-hydrogen) atoms. The van der Waals surface area contributed by atoms with E-state index in [1.54, 1.807) is 36.4 Å². The van der Waals surface area contributed by atoms with Gasteiger partial charge in [-0.15, -0.1) is 0 Å². The molecule has 0 unspecified atom stereocenters. The van der Waals surface area contributed by atoms with Gasteiger partial charge in [-0.3, -0.25) is 9.59 Å². The molecule has 0 atom stereocenters. The van der Waals surface area contributed by atoms with Crippen LogP contribution < -0.4 is 5.32 Å². The molecule has 0 fully saturated rings. The number of amides is 2. The van der Waals surface area contributed by atoms with Gasteiger partial charge in [0.2, 0.25) is 0 Å². The van der Waals surface area contributed by atoms with Crippen molar-refractivity contribution < 1.29 is 22.8 Å². The largest absolute Gasteiger partial charge is 0.471 e. The van der Waals surface area contributed by atoms with Crippen LogP contribution in [0.2, 0.25) is 0 Å². The first-order valence-corrected chi connectivity index (χ1v) is 9.23. The molecule has 0 aliphatic carbocycles. The van der Waals surface area contributed by atoms with Crippen LogP contribution in [0.25, 0.3) is 0 Å². The van der Waals surface area contributed by atoms with Gasteiger partial charge in [0.15, 0.2) is 0 Å². The number of carbonyl (C=O) groups is 2. The Bertz CT molecular complexity index is 853. The second-order valence-electron chi connectivity index (χ2n) is 5.91. The van der Waals surface area contributed by atoms with Gasteiger partial charge >= 0.3 is 12.1 Å². The molecular formula is C19H18F3IN2O2. The van der Waals surface area contributed by atoms with Gasteiger partial charge in [-0.25, -0.2) is 0 Å². The SMILES string of the molecule is CCN(Cc1cccc(NC(=O)c2cccc(C)c2I)c1)C(=O)C(F)(F)F. The number of rotatable bonds is 5. The zero-order valence-corrected chi connectivity index (χ0v) is 16.9. The van der Waals surface area contributed by atoms with E-state index in [9.17, 15) is 22.8 Å². The zero-order valence-electron chi connectivity index (χ0n) is 14.7. The monoisotopic (exact) mass is 490 g/mol. The van der Waals surface area contributed by atoms with Crippen molar-refractivity contribution in [3.63, 3.8) is 0 Å². The normalized spacial score (nSPS) is 11.2. The summed E-state index contributed by atoms with van der Waals surface area (Å²) in [7, 11) is 0. The van der Waals surface area contributed by atoms with Gasteiger partial charge in [-0.2, -0.15) is 13.2 Å². The van der Waals surface area contributed by atoms with E-state index in [1.807, 2.05) is 13.0 Å². The second-order valence-corrected chi connectivity index (χ2v) is 6.99. The third-order valence-corrected chi connectivity index (χ3v) is 5.34. The summed E-state index contributed by atoms with van der Waals surface area (Å²) in [5, 5.41) is 2.75. The van der Waals surface area contributed by atoms with Crippen molar-refractivity contribution in [2.24, 2.45) is 0 Å². The van der Waals surface area contributed by atoms with E-state index in [-0.39, 0.29) is 19.0 Å². The molecule has 144 valence electrons. The number of benzene rings is 2. The van der Waals surface area contributed by atoms with Crippen molar-refractivity contribution >= 4 is 40.1 Å². The van der Waals surface area contributed by atoms with Gasteiger partial charge in [-0.1, -0.05) is 24.3 Å². The van der Waals surface area contributed by atoms with E-state index in [4.69, 9.17) is 0 Å². The molecule has 0 aromatic heterocycles. The van der Waals surface area contributed by atoms with Crippen LogP contribution >= 0.6 is 22.6 Å². The molecule has 2 amide bonds. The molecule has 0 aliphatic rings. The van der Waals surface area contributed by atoms with Crippen LogP contribution in [0.15, 0.2) is 42.5 Å². The highest BCUT2D eigenvalue weighted by atomic mass is 127. The molecule has 0 saturated carbocycles. The van der Waals surface area contributed by atoms with Crippen molar-refractivity contribution in [1.82, 2.24) is 4.90 Å². The quantitative estimate of drug-likeness (QED) is 0.615. The molecular weight excluding hydrogens is 472 g/mol. The van der Waals surface area contributed by atoms with Crippen molar-refractivity contribution in [3.8, 4) is 0 Å². The lowest BCUT2D eigenvalue weighted by Gasteiger charge is -2.22. The number of nitrogens with zero attached hydrogens (tertiary/aromatic N) is 1. The number of hydrogen-bond acceptors (Lipinski definition) is 2. The minimum atomic E-state index is -4.91. The van der Waals surface area contributed by atoms with Crippen LogP contribution in [0, 0.1) is 10.5 Å². The lowest BCUT2D eigenvalue weighted by Crippen LogP contribution is -2.40. The summed E-state index contributed by atoms with van der Waals surface area (Å²) >= 11 is 2.09. The van der Waals surface area contributed by atoms with E-state index in [0.717, 1.165) is 9.13 Å². The number of anilines is 1. The number of carbonyl (C=O) groups excluding carboxylic acids is 2. The topological polar surface area (TPSA) is 49.4 Å². The fourth-order valence-corrected chi connectivity index (χ4v) is 3.10. The van der Waals surface area contributed by atoms with Crippen molar-refractivity contribution in [2.75, 3.05) is 11.9 Å². The van der Waals surface area contributed by atoms with Crippen LogP contribution in [0.5, 0.6) is 0 Å². The Morgan fingerprint density at radius 1 is 1.15 bits per heavy atom. The molecule has 4 nitrogen and oxygen atoms in total. The number of hydrogen-bond donors (Lipinski definition) is 1. The van der Waals surface area contributed by atoms with Crippen LogP contribution in [0.1, 0.15) is 28.4 Å². The molecule has 2 aromatic rings. The van der Waals surface area contributed by atoms with Crippen LogP contribution in [-0.2, 0) is 11.3 Å². The van der Waals surface area contributed by atoms with Crippen LogP contribution in [0.4, 0.5) is 18.9 Å². The Kier molecular flexibility index (Phi) is 6.85. The highest BCUT2D eigenvalue weighted by molar-refractivity contribution is 14.1. The third-order valence-electron chi connectivity index (χ3n) is 3.91. The van der Waals surface area contributed by atoms with Crippen molar-refractivity contribution in [3.05, 3.63) is 62.7 Å². The molecule has 0 spiro atoms. The maximum Gasteiger partial charge on any atom is 0.471 e. The first kappa shape index (κ1) is 21.2. The van der Waals surface area contributed by atoms with E-state index in [1.165, 1.54) is 6.92 Å². The summed E-state index contributed by atoms with van der Waals surface area (Å²) in [5.41, 5.74) is 2.43. The summed E-state index contributed by atoms with van der Waals surface area (Å²) in [6, 6.07) is 11.8. The van der Waals surface area contributed by atoms with Gasteiger partial charge in [-0.05, 0) is 65.8 Å². The van der Waals surface area contributed by atoms with Gasteiger partial charge in [0, 0.05) is 22.3 Å². The Balaban J connectivity index is 2.16. The average molecular weight is 490 g/mol. The predicted octanol–water partition coefficient (Wildman–Crippen LogP) is 4.76. The molecule has 1 N–H and O–H groups in total. The Labute approximate surface area is 168 Å². The molecule has 2 aromatic carbocycles. The van der Waals surface area contributed by atoms with E-state index < -0.39 is 12.1 Å². The van der Waals surface area contributed by atoms with Gasteiger partial charge < -0.3 is 10.2 Å². The van der Waals surface area contributed by atoms with Crippen LogP contribution in [-0.4, -0.2) is 29.4 Å². The number of aryl methyl sites for hydroxylation is 1. The first-order valence-electron chi connectivity index (χ1n) is 8.15. The fraction of sp³-hybridized carbons (Fsp3) is 0.263. The number of alkyl halides is 3. The Morgan fingerprint density at radius 2 is 1.81 bits per heavy atom. The highest BCUT2D eigenvalue weighted by Crippen LogP contribution is 2.22. The maximum atomic E-state index is 12.6. The molecule has 2 rings (SSSR count). The highest BCUT2D eigenvalue weighted by Gasteiger charge is 2.41. The van der Waals surface area contributed by atoms with Crippen molar-refractivity contribution in [2.45, 2.75) is 26.6 Å². The standard InChI is InChI=1S/C19H18F3IN2O2/c1-3-25(18(27)19(20,21)22)11-13-7-5-8-14(10-13)24-17(26)15-9-4-6-12(2)16(15)23/h4-10H,3,11H2,1-2H3,(H,24,26). The zero-order chi connectivity index (χ0) is 20.2. The molecule has 0 saturated heterocycles. The first-order chi connectivity index (χ1) is 12.6. The molecule has 0 bridgehead atoms. The average Bonchev–Trinajstić information content (AvgIpc) is 2.61. The van der Waals surface area contributed by atoms with Gasteiger partial charge in [0.05, 0.1) is 5.56 Å². The lowest BCUT2D eigenvalue weighted by atomic mass is 10.1. The smallest absolute Gasteiger partial charge is 0.331 e. The maximum absolute atomic E-state index is 12.6. The summed E-state index contributed by atoms with van der Waals surface area (Å²) in [6.45, 7) is 3.11.